The molecule has 2 aromatic carbocycles. The van der Waals surface area contributed by atoms with Gasteiger partial charge < -0.3 is 5.32 Å². The Hall–Kier alpha value is -2.56. The van der Waals surface area contributed by atoms with E-state index in [0.717, 1.165) is 16.1 Å². The van der Waals surface area contributed by atoms with Crippen molar-refractivity contribution >= 4 is 38.9 Å². The summed E-state index contributed by atoms with van der Waals surface area (Å²) in [6.45, 7) is 1.79. The standard InChI is InChI=1S/C18H18ClN3O3S/c1-13-6-7-15(19)11-17(13)21-18(23)8-9-22(26(2,24)25)16-5-3-4-14(10-16)12-20/h3-7,10-11H,8-9H2,1-2H3,(H,21,23). The van der Waals surface area contributed by atoms with Crippen LogP contribution in [0.2, 0.25) is 5.02 Å². The second-order valence-corrected chi connectivity index (χ2v) is 8.10. The van der Waals surface area contributed by atoms with Gasteiger partial charge in [0, 0.05) is 23.7 Å². The van der Waals surface area contributed by atoms with Gasteiger partial charge in [0.2, 0.25) is 15.9 Å². The molecule has 0 aliphatic rings. The van der Waals surface area contributed by atoms with Gasteiger partial charge in [0.15, 0.2) is 0 Å². The SMILES string of the molecule is Cc1ccc(Cl)cc1NC(=O)CCN(c1cccc(C#N)c1)S(C)(=O)=O. The van der Waals surface area contributed by atoms with Gasteiger partial charge in [0.05, 0.1) is 23.6 Å². The van der Waals surface area contributed by atoms with Crippen LogP contribution in [0.15, 0.2) is 42.5 Å². The average molecular weight is 392 g/mol. The maximum Gasteiger partial charge on any atom is 0.232 e. The number of nitrogens with zero attached hydrogens (tertiary/aromatic N) is 2. The normalized spacial score (nSPS) is 10.8. The number of hydrogen-bond donors (Lipinski definition) is 1. The molecule has 0 unspecified atom stereocenters. The molecule has 0 saturated heterocycles. The minimum absolute atomic E-state index is 0.0425. The van der Waals surface area contributed by atoms with Crippen molar-refractivity contribution < 1.29 is 13.2 Å². The minimum atomic E-state index is -3.60. The molecular formula is C18H18ClN3O3S. The Morgan fingerprint density at radius 2 is 2.00 bits per heavy atom. The number of anilines is 2. The van der Waals surface area contributed by atoms with Gasteiger partial charge in [-0.15, -0.1) is 0 Å². The van der Waals surface area contributed by atoms with Crippen LogP contribution < -0.4 is 9.62 Å². The molecule has 0 heterocycles. The summed E-state index contributed by atoms with van der Waals surface area (Å²) >= 11 is 5.93. The zero-order valence-electron chi connectivity index (χ0n) is 14.4. The van der Waals surface area contributed by atoms with E-state index in [1.54, 1.807) is 36.4 Å². The van der Waals surface area contributed by atoms with E-state index in [2.05, 4.69) is 5.32 Å². The Kier molecular flexibility index (Phi) is 6.24. The number of sulfonamides is 1. The molecule has 0 aliphatic carbocycles. The third-order valence-corrected chi connectivity index (χ3v) is 5.11. The number of rotatable bonds is 6. The zero-order chi connectivity index (χ0) is 19.3. The molecule has 0 saturated carbocycles. The highest BCUT2D eigenvalue weighted by Crippen LogP contribution is 2.22. The first-order valence-electron chi connectivity index (χ1n) is 7.74. The van der Waals surface area contributed by atoms with E-state index >= 15 is 0 Å². The summed E-state index contributed by atoms with van der Waals surface area (Å²) < 4.78 is 25.3. The van der Waals surface area contributed by atoms with Crippen LogP contribution in [0.5, 0.6) is 0 Å². The lowest BCUT2D eigenvalue weighted by Crippen LogP contribution is -2.33. The van der Waals surface area contributed by atoms with Crippen molar-refractivity contribution in [1.29, 1.82) is 5.26 Å². The van der Waals surface area contributed by atoms with Gasteiger partial charge in [-0.25, -0.2) is 8.42 Å². The van der Waals surface area contributed by atoms with E-state index in [1.807, 2.05) is 13.0 Å². The fraction of sp³-hybridized carbons (Fsp3) is 0.222. The molecule has 0 bridgehead atoms. The Balaban J connectivity index is 2.13. The van der Waals surface area contributed by atoms with Crippen LogP contribution in [0.3, 0.4) is 0 Å². The van der Waals surface area contributed by atoms with Crippen LogP contribution in [-0.4, -0.2) is 27.1 Å². The zero-order valence-corrected chi connectivity index (χ0v) is 15.9. The van der Waals surface area contributed by atoms with Gasteiger partial charge >= 0.3 is 0 Å². The number of nitriles is 1. The van der Waals surface area contributed by atoms with E-state index in [-0.39, 0.29) is 18.9 Å². The van der Waals surface area contributed by atoms with Crippen molar-refractivity contribution in [2.24, 2.45) is 0 Å². The molecule has 0 spiro atoms. The molecule has 0 aliphatic heterocycles. The quantitative estimate of drug-likeness (QED) is 0.817. The van der Waals surface area contributed by atoms with Gasteiger partial charge in [-0.05, 0) is 42.8 Å². The second kappa shape index (κ2) is 8.21. The molecule has 0 atom stereocenters. The van der Waals surface area contributed by atoms with Gasteiger partial charge in [0.1, 0.15) is 0 Å². The lowest BCUT2D eigenvalue weighted by Gasteiger charge is -2.22. The number of hydrogen-bond acceptors (Lipinski definition) is 4. The third kappa shape index (κ3) is 5.22. The summed E-state index contributed by atoms with van der Waals surface area (Å²) in [6, 6.07) is 13.4. The topological polar surface area (TPSA) is 90.3 Å². The van der Waals surface area contributed by atoms with Crippen LogP contribution in [0.1, 0.15) is 17.5 Å². The number of amides is 1. The van der Waals surface area contributed by atoms with Crippen LogP contribution in [0, 0.1) is 18.3 Å². The largest absolute Gasteiger partial charge is 0.326 e. The summed E-state index contributed by atoms with van der Waals surface area (Å²) in [6.07, 6.45) is 1.01. The summed E-state index contributed by atoms with van der Waals surface area (Å²) in [4.78, 5) is 12.2. The monoisotopic (exact) mass is 391 g/mol. The number of nitrogens with one attached hydrogen (secondary N) is 1. The summed E-state index contributed by atoms with van der Waals surface area (Å²) in [7, 11) is -3.60. The van der Waals surface area contributed by atoms with Crippen molar-refractivity contribution in [2.45, 2.75) is 13.3 Å². The first-order chi connectivity index (χ1) is 12.2. The molecular weight excluding hydrogens is 374 g/mol. The van der Waals surface area contributed by atoms with Crippen LogP contribution in [0.4, 0.5) is 11.4 Å². The number of halogens is 1. The van der Waals surface area contributed by atoms with E-state index in [0.29, 0.717) is 22.0 Å². The molecule has 1 amide bonds. The molecule has 26 heavy (non-hydrogen) atoms. The van der Waals surface area contributed by atoms with Crippen LogP contribution >= 0.6 is 11.6 Å². The highest BCUT2D eigenvalue weighted by atomic mass is 35.5. The minimum Gasteiger partial charge on any atom is -0.326 e. The summed E-state index contributed by atoms with van der Waals surface area (Å²) in [5.74, 6) is -0.333. The van der Waals surface area contributed by atoms with Gasteiger partial charge in [-0.3, -0.25) is 9.10 Å². The number of carbonyl (C=O) groups is 1. The van der Waals surface area contributed by atoms with E-state index < -0.39 is 10.0 Å². The van der Waals surface area contributed by atoms with Crippen molar-refractivity contribution in [1.82, 2.24) is 0 Å². The van der Waals surface area contributed by atoms with Gasteiger partial charge in [-0.1, -0.05) is 23.7 Å². The van der Waals surface area contributed by atoms with E-state index in [1.165, 1.54) is 6.07 Å². The molecule has 8 heteroatoms. The average Bonchev–Trinajstić information content (AvgIpc) is 2.57. The predicted octanol–water partition coefficient (Wildman–Crippen LogP) is 3.31. The first kappa shape index (κ1) is 19.8. The Morgan fingerprint density at radius 1 is 1.27 bits per heavy atom. The van der Waals surface area contributed by atoms with Gasteiger partial charge in [-0.2, -0.15) is 5.26 Å². The Labute approximate surface area is 158 Å². The third-order valence-electron chi connectivity index (χ3n) is 3.68. The summed E-state index contributed by atoms with van der Waals surface area (Å²) in [5, 5.41) is 12.2. The second-order valence-electron chi connectivity index (χ2n) is 5.75. The van der Waals surface area contributed by atoms with Crippen molar-refractivity contribution in [3.63, 3.8) is 0 Å². The maximum atomic E-state index is 12.2. The van der Waals surface area contributed by atoms with E-state index in [4.69, 9.17) is 16.9 Å². The molecule has 0 fully saturated rings. The highest BCUT2D eigenvalue weighted by Gasteiger charge is 2.19. The molecule has 1 N–H and O–H groups in total. The Morgan fingerprint density at radius 3 is 2.65 bits per heavy atom. The maximum absolute atomic E-state index is 12.2. The smallest absolute Gasteiger partial charge is 0.232 e. The molecule has 0 radical (unpaired) electrons. The van der Waals surface area contributed by atoms with Gasteiger partial charge in [0.25, 0.3) is 0 Å². The molecule has 0 aromatic heterocycles. The highest BCUT2D eigenvalue weighted by molar-refractivity contribution is 7.92. The fourth-order valence-electron chi connectivity index (χ4n) is 2.36. The molecule has 6 nitrogen and oxygen atoms in total. The fourth-order valence-corrected chi connectivity index (χ4v) is 3.45. The predicted molar refractivity (Wildman–Crippen MR) is 103 cm³/mol. The van der Waals surface area contributed by atoms with Crippen molar-refractivity contribution in [3.05, 3.63) is 58.6 Å². The molecule has 136 valence electrons. The van der Waals surface area contributed by atoms with E-state index in [9.17, 15) is 13.2 Å². The lowest BCUT2D eigenvalue weighted by atomic mass is 10.2. The van der Waals surface area contributed by atoms with Crippen molar-refractivity contribution in [3.8, 4) is 6.07 Å². The number of benzene rings is 2. The Bertz CT molecular complexity index is 968. The summed E-state index contributed by atoms with van der Waals surface area (Å²) in [5.41, 5.74) is 2.12. The molecule has 2 aromatic rings. The first-order valence-corrected chi connectivity index (χ1v) is 9.97. The van der Waals surface area contributed by atoms with Crippen LogP contribution in [-0.2, 0) is 14.8 Å². The number of aryl methyl sites for hydroxylation is 1. The van der Waals surface area contributed by atoms with Crippen molar-refractivity contribution in [2.75, 3.05) is 22.4 Å². The lowest BCUT2D eigenvalue weighted by molar-refractivity contribution is -0.116. The number of carbonyl (C=O) groups excluding carboxylic acids is 1. The van der Waals surface area contributed by atoms with Crippen LogP contribution in [0.25, 0.3) is 0 Å². The molecule has 2 rings (SSSR count).